The lowest BCUT2D eigenvalue weighted by Crippen LogP contribution is -2.59. The van der Waals surface area contributed by atoms with Crippen molar-refractivity contribution in [1.29, 1.82) is 0 Å². The summed E-state index contributed by atoms with van der Waals surface area (Å²) < 4.78 is 46.6. The van der Waals surface area contributed by atoms with Crippen LogP contribution < -0.4 is 5.73 Å². The van der Waals surface area contributed by atoms with Crippen molar-refractivity contribution in [3.63, 3.8) is 0 Å². The average molecular weight is 672 g/mol. The molecule has 0 aromatic rings. The first-order valence-electron chi connectivity index (χ1n) is 16.4. The zero-order chi connectivity index (χ0) is 35.8. The van der Waals surface area contributed by atoms with Gasteiger partial charge in [0.25, 0.3) is 5.67 Å². The number of nitrogens with zero attached hydrogens (tertiary/aromatic N) is 2. The molecule has 0 aliphatic carbocycles. The highest BCUT2D eigenvalue weighted by Crippen LogP contribution is 2.48. The van der Waals surface area contributed by atoms with E-state index in [0.717, 1.165) is 13.3 Å². The molecule has 3 saturated heterocycles. The van der Waals surface area contributed by atoms with Gasteiger partial charge in [-0.2, -0.15) is 0 Å². The molecule has 3 N–H and O–H groups in total. The number of Topliss-reactive ketones (excluding diaryl/α,β-unsaturated/α-hetero) is 2. The number of fused-ring (bicyclic) bond motifs is 1. The summed E-state index contributed by atoms with van der Waals surface area (Å²) in [6.45, 7) is 12.3. The van der Waals surface area contributed by atoms with Crippen molar-refractivity contribution in [1.82, 2.24) is 4.90 Å². The van der Waals surface area contributed by atoms with Gasteiger partial charge in [-0.3, -0.25) is 14.4 Å². The predicted octanol–water partition coefficient (Wildman–Crippen LogP) is 3.03. The Labute approximate surface area is 277 Å². The van der Waals surface area contributed by atoms with E-state index in [1.807, 2.05) is 21.0 Å². The van der Waals surface area contributed by atoms with Crippen LogP contribution in [0.3, 0.4) is 0 Å². The second kappa shape index (κ2) is 14.4. The highest BCUT2D eigenvalue weighted by molar-refractivity contribution is 6.08. The van der Waals surface area contributed by atoms with E-state index in [9.17, 15) is 24.4 Å². The molecule has 0 saturated carbocycles. The second-order valence-corrected chi connectivity index (χ2v) is 14.4. The molecule has 47 heavy (non-hydrogen) atoms. The van der Waals surface area contributed by atoms with Gasteiger partial charge >= 0.3 is 11.9 Å². The molecular weight excluding hydrogens is 617 g/mol. The van der Waals surface area contributed by atoms with Crippen molar-refractivity contribution in [3.8, 4) is 0 Å². The molecule has 3 heterocycles. The van der Waals surface area contributed by atoms with Crippen LogP contribution in [0, 0.1) is 29.6 Å². The average Bonchev–Trinajstić information content (AvgIpc) is 3.29. The summed E-state index contributed by atoms with van der Waals surface area (Å²) in [5.41, 5.74) is -0.246. The maximum Gasteiger partial charge on any atom is 0.351 e. The molecule has 0 aromatic carbocycles. The maximum absolute atomic E-state index is 16.6. The minimum Gasteiger partial charge on any atom is -0.455 e. The van der Waals surface area contributed by atoms with Gasteiger partial charge in [-0.15, -0.1) is 0 Å². The number of ether oxygens (including phenoxy) is 5. The van der Waals surface area contributed by atoms with E-state index < -0.39 is 88.5 Å². The molecule has 0 aromatic heterocycles. The lowest BCUT2D eigenvalue weighted by atomic mass is 9.67. The van der Waals surface area contributed by atoms with Crippen LogP contribution in [0.15, 0.2) is 5.16 Å². The summed E-state index contributed by atoms with van der Waals surface area (Å²) in [5.74, 6) is -9.68. The number of halogens is 1. The quantitative estimate of drug-likeness (QED) is 0.106. The number of alkyl halides is 1. The Kier molecular flexibility index (Phi) is 11.9. The molecular formula is C33H54FN3O10. The van der Waals surface area contributed by atoms with Gasteiger partial charge in [-0.1, -0.05) is 32.9 Å². The second-order valence-electron chi connectivity index (χ2n) is 14.4. The molecule has 3 rings (SSSR count). The first-order valence-corrected chi connectivity index (χ1v) is 16.4. The fourth-order valence-corrected chi connectivity index (χ4v) is 7.95. The minimum atomic E-state index is -3.15. The SMILES string of the molecule is CC[C@@H]1OC(=O)[C@@](C)(F)C(=O)[C@H](C)[C@@H](OC2C[C@@H](N(C)C)C[C@@H](C)O2)[C@](C)(OC)C[C@@H](C)C(=O)[C@H](C)[C@H]2[C@H](/C(N)=N/O)C(=O)O[C@]21C. The van der Waals surface area contributed by atoms with Gasteiger partial charge in [-0.05, 0) is 61.1 Å². The number of oxime groups is 1. The molecule has 3 fully saturated rings. The van der Waals surface area contributed by atoms with Crippen molar-refractivity contribution in [2.24, 2.45) is 40.5 Å². The van der Waals surface area contributed by atoms with Gasteiger partial charge in [-0.25, -0.2) is 9.18 Å². The summed E-state index contributed by atoms with van der Waals surface area (Å²) in [6, 6.07) is 0.101. The van der Waals surface area contributed by atoms with Crippen molar-refractivity contribution in [2.45, 2.75) is 129 Å². The fraction of sp³-hybridized carbons (Fsp3) is 0.848. The van der Waals surface area contributed by atoms with Crippen LogP contribution in [-0.4, -0.2) is 108 Å². The Hall–Kier alpha value is -2.68. The van der Waals surface area contributed by atoms with E-state index in [1.165, 1.54) is 21.0 Å². The number of nitrogens with two attached hydrogens (primary N) is 1. The number of ketones is 2. The third-order valence-electron chi connectivity index (χ3n) is 10.7. The molecule has 0 radical (unpaired) electrons. The fourth-order valence-electron chi connectivity index (χ4n) is 7.95. The normalized spacial score (nSPS) is 44.5. The summed E-state index contributed by atoms with van der Waals surface area (Å²) in [7, 11) is 5.31. The summed E-state index contributed by atoms with van der Waals surface area (Å²) in [4.78, 5) is 57.1. The molecule has 3 aliphatic heterocycles. The number of rotatable bonds is 6. The van der Waals surface area contributed by atoms with Crippen LogP contribution >= 0.6 is 0 Å². The van der Waals surface area contributed by atoms with Crippen LogP contribution in [0.5, 0.6) is 0 Å². The van der Waals surface area contributed by atoms with E-state index >= 15 is 4.39 Å². The molecule has 0 bridgehead atoms. The minimum absolute atomic E-state index is 0.0193. The van der Waals surface area contributed by atoms with Crippen molar-refractivity contribution < 1.29 is 52.5 Å². The molecule has 268 valence electrons. The van der Waals surface area contributed by atoms with Crippen LogP contribution in [0.2, 0.25) is 0 Å². The molecule has 3 aliphatic rings. The summed E-state index contributed by atoms with van der Waals surface area (Å²) in [6.07, 6.45) is -2.17. The zero-order valence-corrected chi connectivity index (χ0v) is 29.6. The van der Waals surface area contributed by atoms with Crippen LogP contribution in [0.4, 0.5) is 4.39 Å². The van der Waals surface area contributed by atoms with Crippen molar-refractivity contribution >= 4 is 29.3 Å². The van der Waals surface area contributed by atoms with Gasteiger partial charge in [0.05, 0.1) is 17.8 Å². The van der Waals surface area contributed by atoms with Crippen LogP contribution in [-0.2, 0) is 42.9 Å². The lowest BCUT2D eigenvalue weighted by Gasteiger charge is -2.46. The maximum atomic E-state index is 16.6. The van der Waals surface area contributed by atoms with E-state index in [-0.39, 0.29) is 30.8 Å². The Balaban J connectivity index is 2.19. The molecule has 14 heteroatoms. The zero-order valence-electron chi connectivity index (χ0n) is 29.6. The first-order chi connectivity index (χ1) is 21.7. The number of hydrogen-bond acceptors (Lipinski definition) is 12. The number of carbonyl (C=O) groups is 4. The highest BCUT2D eigenvalue weighted by atomic mass is 19.1. The van der Waals surface area contributed by atoms with Crippen molar-refractivity contribution in [3.05, 3.63) is 0 Å². The molecule has 1 unspecified atom stereocenters. The highest BCUT2D eigenvalue weighted by Gasteiger charge is 2.63. The number of esters is 2. The number of methoxy groups -OCH3 is 1. The lowest BCUT2D eigenvalue weighted by molar-refractivity contribution is -0.263. The first kappa shape index (κ1) is 38.8. The molecule has 13 nitrogen and oxygen atoms in total. The summed E-state index contributed by atoms with van der Waals surface area (Å²) >= 11 is 0. The third kappa shape index (κ3) is 7.35. The number of cyclic esters (lactones) is 1. The number of carbonyl (C=O) groups excluding carboxylic acids is 4. The largest absolute Gasteiger partial charge is 0.455 e. The van der Waals surface area contributed by atoms with E-state index in [1.54, 1.807) is 27.7 Å². The van der Waals surface area contributed by atoms with Crippen molar-refractivity contribution in [2.75, 3.05) is 21.2 Å². The molecule has 13 atom stereocenters. The van der Waals surface area contributed by atoms with E-state index in [0.29, 0.717) is 6.42 Å². The Bertz CT molecular complexity index is 1230. The topological polar surface area (TPSA) is 176 Å². The van der Waals surface area contributed by atoms with Gasteiger partial charge < -0.3 is 39.5 Å². The van der Waals surface area contributed by atoms with Gasteiger partial charge in [0.2, 0.25) is 0 Å². The Morgan fingerprint density at radius 1 is 1.09 bits per heavy atom. The standard InChI is InChI=1S/C33H54FN3O10/c1-12-21-33(8)24(23(28(35)36-42)29(40)47-33)18(4)25(38)16(2)15-31(6,43-11)27(19(5)26(39)32(7,34)30(41)45-21)46-22-14-20(37(9)10)13-17(3)44-22/h16-24,27,42H,12-15H2,1-11H3,(H2,35,36)/t16-,17-,18-,19+,20+,21+,22?,23-,24+,27-,31-,32+,33+/m1/s1. The van der Waals surface area contributed by atoms with Gasteiger partial charge in [0.1, 0.15) is 17.8 Å². The number of amidine groups is 1. The molecule has 0 amide bonds. The van der Waals surface area contributed by atoms with Crippen LogP contribution in [0.25, 0.3) is 0 Å². The Morgan fingerprint density at radius 2 is 1.70 bits per heavy atom. The molecule has 0 spiro atoms. The smallest absolute Gasteiger partial charge is 0.351 e. The van der Waals surface area contributed by atoms with Crippen LogP contribution in [0.1, 0.15) is 81.1 Å². The van der Waals surface area contributed by atoms with E-state index in [2.05, 4.69) is 10.1 Å². The third-order valence-corrected chi connectivity index (χ3v) is 10.7. The predicted molar refractivity (Wildman–Crippen MR) is 168 cm³/mol. The Morgan fingerprint density at radius 3 is 2.23 bits per heavy atom. The number of hydrogen-bond donors (Lipinski definition) is 2. The van der Waals surface area contributed by atoms with Gasteiger partial charge in [0.15, 0.2) is 23.5 Å². The summed E-state index contributed by atoms with van der Waals surface area (Å²) in [5, 5.41) is 12.6. The van der Waals surface area contributed by atoms with E-state index in [4.69, 9.17) is 29.4 Å². The van der Waals surface area contributed by atoms with Gasteiger partial charge in [0, 0.05) is 43.2 Å². The monoisotopic (exact) mass is 671 g/mol.